The van der Waals surface area contributed by atoms with Gasteiger partial charge in [0.2, 0.25) is 0 Å². The van der Waals surface area contributed by atoms with Crippen LogP contribution in [0.5, 0.6) is 0 Å². The maximum atomic E-state index is 12.0. The molecular formula is C23H38O6Si. The van der Waals surface area contributed by atoms with Gasteiger partial charge in [0.1, 0.15) is 6.10 Å². The van der Waals surface area contributed by atoms with Crippen LogP contribution < -0.4 is 0 Å². The summed E-state index contributed by atoms with van der Waals surface area (Å²) >= 11 is 0. The van der Waals surface area contributed by atoms with Gasteiger partial charge in [-0.3, -0.25) is 4.79 Å². The van der Waals surface area contributed by atoms with E-state index in [-0.39, 0.29) is 30.1 Å². The Morgan fingerprint density at radius 1 is 1.27 bits per heavy atom. The van der Waals surface area contributed by atoms with Crippen molar-refractivity contribution in [3.05, 3.63) is 35.9 Å². The Kier molecular flexibility index (Phi) is 8.27. The lowest BCUT2D eigenvalue weighted by Gasteiger charge is -2.40. The number of carbonyl (C=O) groups is 1. The molecule has 6 nitrogen and oxygen atoms in total. The smallest absolute Gasteiger partial charge is 0.308 e. The standard InChI is InChI=1S/C23H38O6Si/c1-22(2,3)30(6,7)29-18(15-20(25)26-5)13-14-23(4)19(16-24)27-21(28-23)17-11-9-8-10-12-17/h8-12,18-19,21,24H,13-16H2,1-7H3/t18-,19-,21-,23+/m0/s1. The van der Waals surface area contributed by atoms with Crippen molar-refractivity contribution in [2.24, 2.45) is 0 Å². The van der Waals surface area contributed by atoms with Crippen molar-refractivity contribution in [3.8, 4) is 0 Å². The molecule has 0 bridgehead atoms. The van der Waals surface area contributed by atoms with E-state index >= 15 is 0 Å². The second-order valence-corrected chi connectivity index (χ2v) is 14.6. The molecule has 0 unspecified atom stereocenters. The number of hydrogen-bond acceptors (Lipinski definition) is 6. The van der Waals surface area contributed by atoms with E-state index in [1.807, 2.05) is 37.3 Å². The van der Waals surface area contributed by atoms with Crippen LogP contribution in [-0.2, 0) is 23.4 Å². The number of esters is 1. The minimum atomic E-state index is -2.07. The van der Waals surface area contributed by atoms with Crippen LogP contribution >= 0.6 is 0 Å². The summed E-state index contributed by atoms with van der Waals surface area (Å²) in [6.45, 7) is 12.7. The maximum absolute atomic E-state index is 12.0. The first-order valence-electron chi connectivity index (χ1n) is 10.7. The highest BCUT2D eigenvalue weighted by Crippen LogP contribution is 2.42. The van der Waals surface area contributed by atoms with Gasteiger partial charge in [0, 0.05) is 5.56 Å². The van der Waals surface area contributed by atoms with Gasteiger partial charge in [-0.1, -0.05) is 51.1 Å². The molecule has 0 saturated carbocycles. The van der Waals surface area contributed by atoms with Crippen LogP contribution in [0.15, 0.2) is 30.3 Å². The summed E-state index contributed by atoms with van der Waals surface area (Å²) in [6, 6.07) is 9.71. The summed E-state index contributed by atoms with van der Waals surface area (Å²) < 4.78 is 23.7. The van der Waals surface area contributed by atoms with Crippen molar-refractivity contribution in [1.82, 2.24) is 0 Å². The van der Waals surface area contributed by atoms with E-state index in [1.165, 1.54) is 7.11 Å². The summed E-state index contributed by atoms with van der Waals surface area (Å²) in [5.74, 6) is -0.284. The molecule has 7 heteroatoms. The number of aliphatic hydroxyl groups is 1. The molecule has 1 aliphatic heterocycles. The predicted molar refractivity (Wildman–Crippen MR) is 119 cm³/mol. The average molecular weight is 439 g/mol. The molecule has 1 aliphatic rings. The average Bonchev–Trinajstić information content (AvgIpc) is 3.02. The molecule has 0 aromatic heterocycles. The van der Waals surface area contributed by atoms with Gasteiger partial charge >= 0.3 is 5.97 Å². The van der Waals surface area contributed by atoms with Gasteiger partial charge in [-0.2, -0.15) is 0 Å². The zero-order chi connectivity index (χ0) is 22.6. The van der Waals surface area contributed by atoms with Crippen LogP contribution in [0, 0.1) is 0 Å². The van der Waals surface area contributed by atoms with Gasteiger partial charge in [-0.25, -0.2) is 0 Å². The van der Waals surface area contributed by atoms with Crippen LogP contribution in [0.4, 0.5) is 0 Å². The van der Waals surface area contributed by atoms with E-state index in [2.05, 4.69) is 33.9 Å². The number of aliphatic hydroxyl groups excluding tert-OH is 1. The molecule has 2 rings (SSSR count). The van der Waals surface area contributed by atoms with Crippen LogP contribution in [0.25, 0.3) is 0 Å². The zero-order valence-corrected chi connectivity index (χ0v) is 20.4. The molecule has 0 spiro atoms. The van der Waals surface area contributed by atoms with Gasteiger partial charge in [-0.15, -0.1) is 0 Å². The molecule has 30 heavy (non-hydrogen) atoms. The molecule has 1 aromatic carbocycles. The van der Waals surface area contributed by atoms with Crippen molar-refractivity contribution < 1.29 is 28.5 Å². The normalized spacial score (nSPS) is 25.9. The fraction of sp³-hybridized carbons (Fsp3) is 0.696. The first-order valence-corrected chi connectivity index (χ1v) is 13.6. The zero-order valence-electron chi connectivity index (χ0n) is 19.4. The van der Waals surface area contributed by atoms with Crippen LogP contribution in [0.2, 0.25) is 18.1 Å². The molecule has 1 N–H and O–H groups in total. The molecule has 0 radical (unpaired) electrons. The highest BCUT2D eigenvalue weighted by molar-refractivity contribution is 6.74. The first-order chi connectivity index (χ1) is 13.9. The third kappa shape index (κ3) is 6.14. The lowest BCUT2D eigenvalue weighted by molar-refractivity contribution is -0.143. The number of benzene rings is 1. The predicted octanol–water partition coefficient (Wildman–Crippen LogP) is 4.59. The van der Waals surface area contributed by atoms with Crippen LogP contribution in [0.1, 0.15) is 58.8 Å². The molecule has 170 valence electrons. The fourth-order valence-corrected chi connectivity index (χ4v) is 4.76. The highest BCUT2D eigenvalue weighted by atomic mass is 28.4. The van der Waals surface area contributed by atoms with Crippen molar-refractivity contribution in [2.75, 3.05) is 13.7 Å². The van der Waals surface area contributed by atoms with Crippen molar-refractivity contribution in [1.29, 1.82) is 0 Å². The van der Waals surface area contributed by atoms with Crippen molar-refractivity contribution in [3.63, 3.8) is 0 Å². The Labute approximate surface area is 182 Å². The van der Waals surface area contributed by atoms with E-state index in [0.717, 1.165) is 5.56 Å². The summed E-state index contributed by atoms with van der Waals surface area (Å²) in [4.78, 5) is 12.0. The number of ether oxygens (including phenoxy) is 3. The second-order valence-electron chi connectivity index (χ2n) is 9.80. The van der Waals surface area contributed by atoms with E-state index in [9.17, 15) is 9.90 Å². The SMILES string of the molecule is COC(=O)C[C@H](CC[C@@]1(C)O[C@@H](c2ccccc2)O[C@H]1CO)O[Si](C)(C)C(C)(C)C. The largest absolute Gasteiger partial charge is 0.469 e. The van der Waals surface area contributed by atoms with Crippen molar-refractivity contribution in [2.45, 2.75) is 89.2 Å². The van der Waals surface area contributed by atoms with Crippen molar-refractivity contribution >= 4 is 14.3 Å². The number of hydrogen-bond donors (Lipinski definition) is 1. The molecular weight excluding hydrogens is 400 g/mol. The third-order valence-corrected chi connectivity index (χ3v) is 11.0. The Morgan fingerprint density at radius 2 is 1.90 bits per heavy atom. The van der Waals surface area contributed by atoms with E-state index < -0.39 is 26.3 Å². The molecule has 1 saturated heterocycles. The number of methoxy groups -OCH3 is 1. The second kappa shape index (κ2) is 9.91. The number of carbonyl (C=O) groups excluding carboxylic acids is 1. The maximum Gasteiger partial charge on any atom is 0.308 e. The molecule has 1 heterocycles. The molecule has 1 aromatic rings. The molecule has 4 atom stereocenters. The third-order valence-electron chi connectivity index (χ3n) is 6.43. The number of rotatable bonds is 9. The monoisotopic (exact) mass is 438 g/mol. The highest BCUT2D eigenvalue weighted by Gasteiger charge is 2.47. The first kappa shape index (κ1) is 25.0. The molecule has 0 amide bonds. The van der Waals surface area contributed by atoms with Crippen LogP contribution in [0.3, 0.4) is 0 Å². The Bertz CT molecular complexity index is 687. The van der Waals surface area contributed by atoms with Gasteiger partial charge in [0.15, 0.2) is 14.6 Å². The summed E-state index contributed by atoms with van der Waals surface area (Å²) in [6.07, 6.45) is 0.167. The summed E-state index contributed by atoms with van der Waals surface area (Å²) in [5.41, 5.74) is 0.240. The Balaban J connectivity index is 2.12. The van der Waals surface area contributed by atoms with Crippen LogP contribution in [-0.4, -0.2) is 50.9 Å². The van der Waals surface area contributed by atoms with E-state index in [1.54, 1.807) is 0 Å². The fourth-order valence-electron chi connectivity index (χ4n) is 3.37. The lowest BCUT2D eigenvalue weighted by atomic mass is 9.92. The Hall–Kier alpha value is -1.25. The summed E-state index contributed by atoms with van der Waals surface area (Å²) in [7, 11) is -0.673. The van der Waals surface area contributed by atoms with Gasteiger partial charge in [-0.05, 0) is 37.9 Å². The minimum Gasteiger partial charge on any atom is -0.469 e. The molecule has 0 aliphatic carbocycles. The van der Waals surface area contributed by atoms with E-state index in [4.69, 9.17) is 18.6 Å². The van der Waals surface area contributed by atoms with Gasteiger partial charge in [0.25, 0.3) is 0 Å². The van der Waals surface area contributed by atoms with Gasteiger partial charge < -0.3 is 23.7 Å². The topological polar surface area (TPSA) is 74.2 Å². The summed E-state index contributed by atoms with van der Waals surface area (Å²) in [5, 5.41) is 9.94. The Morgan fingerprint density at radius 3 is 2.43 bits per heavy atom. The lowest BCUT2D eigenvalue weighted by Crippen LogP contribution is -2.45. The van der Waals surface area contributed by atoms with Gasteiger partial charge in [0.05, 0.1) is 31.8 Å². The quantitative estimate of drug-likeness (QED) is 0.449. The molecule has 1 fully saturated rings. The minimum absolute atomic E-state index is 0.0320. The van der Waals surface area contributed by atoms with E-state index in [0.29, 0.717) is 12.8 Å².